The van der Waals surface area contributed by atoms with E-state index in [-0.39, 0.29) is 30.1 Å². The number of likely N-dealkylation sites (tertiary alicyclic amines) is 1. The summed E-state index contributed by atoms with van der Waals surface area (Å²) in [6.45, 7) is 2.76. The van der Waals surface area contributed by atoms with Crippen molar-refractivity contribution in [2.24, 2.45) is 5.92 Å². The molecule has 110 valence electrons. The summed E-state index contributed by atoms with van der Waals surface area (Å²) < 4.78 is 0. The molecule has 20 heavy (non-hydrogen) atoms. The first-order chi connectivity index (χ1) is 9.06. The zero-order valence-corrected chi connectivity index (χ0v) is 12.2. The van der Waals surface area contributed by atoms with Gasteiger partial charge in [0.15, 0.2) is 0 Å². The maximum absolute atomic E-state index is 12.1. The first kappa shape index (κ1) is 16.2. The van der Waals surface area contributed by atoms with E-state index in [2.05, 4.69) is 10.3 Å². The van der Waals surface area contributed by atoms with E-state index in [0.29, 0.717) is 18.1 Å². The van der Waals surface area contributed by atoms with Crippen molar-refractivity contribution >= 4 is 35.7 Å². The number of hydrogen-bond donors (Lipinski definition) is 2. The first-order valence-corrected chi connectivity index (χ1v) is 6.34. The third-order valence-corrected chi connectivity index (χ3v) is 3.29. The van der Waals surface area contributed by atoms with Gasteiger partial charge in [-0.3, -0.25) is 9.59 Å². The Labute approximate surface area is 124 Å². The number of carbonyl (C=O) groups excluding carboxylic acids is 2. The van der Waals surface area contributed by atoms with E-state index in [1.54, 1.807) is 17.0 Å². The molecule has 0 aromatic carbocycles. The van der Waals surface area contributed by atoms with E-state index in [1.165, 1.54) is 13.1 Å². The van der Waals surface area contributed by atoms with Gasteiger partial charge >= 0.3 is 0 Å². The fourth-order valence-corrected chi connectivity index (χ4v) is 2.20. The highest BCUT2D eigenvalue weighted by Crippen LogP contribution is 2.18. The van der Waals surface area contributed by atoms with Crippen molar-refractivity contribution in [2.45, 2.75) is 19.8 Å². The Kier molecular flexibility index (Phi) is 5.76. The largest absolute Gasteiger partial charge is 0.384 e. The molecule has 0 spiro atoms. The highest BCUT2D eigenvalue weighted by Gasteiger charge is 2.26. The number of aromatic nitrogens is 1. The van der Waals surface area contributed by atoms with E-state index < -0.39 is 0 Å². The molecule has 0 aliphatic carbocycles. The number of nitrogen functional groups attached to an aromatic ring is 1. The van der Waals surface area contributed by atoms with Gasteiger partial charge in [-0.25, -0.2) is 4.98 Å². The van der Waals surface area contributed by atoms with Crippen LogP contribution in [0.5, 0.6) is 0 Å². The van der Waals surface area contributed by atoms with Gasteiger partial charge in [-0.1, -0.05) is 0 Å². The predicted octanol–water partition coefficient (Wildman–Crippen LogP) is 1.28. The number of nitrogens with zero attached hydrogens (tertiary/aromatic N) is 2. The molecule has 1 aliphatic heterocycles. The molecule has 0 radical (unpaired) electrons. The number of hydrogen-bond acceptors (Lipinski definition) is 4. The summed E-state index contributed by atoms with van der Waals surface area (Å²) in [5.41, 5.74) is 6.11. The number of pyridine rings is 1. The maximum atomic E-state index is 12.1. The smallest absolute Gasteiger partial charge is 0.229 e. The summed E-state index contributed by atoms with van der Waals surface area (Å²) in [5, 5.41) is 2.80. The molecule has 1 saturated heterocycles. The highest BCUT2D eigenvalue weighted by atomic mass is 35.5. The quantitative estimate of drug-likeness (QED) is 0.861. The van der Waals surface area contributed by atoms with Crippen molar-refractivity contribution in [3.8, 4) is 0 Å². The van der Waals surface area contributed by atoms with Crippen LogP contribution in [-0.2, 0) is 9.59 Å². The molecule has 1 aromatic heterocycles. The number of carbonyl (C=O) groups is 2. The standard InChI is InChI=1S/C13H18N4O2.ClH/c1-9(18)17-6-2-3-10(8-17)13(19)16-11-4-5-12(14)15-7-11;/h4-5,7,10H,2-3,6,8H2,1H3,(H2,14,15)(H,16,19);1H. The second-order valence-corrected chi connectivity index (χ2v) is 4.77. The third-order valence-electron chi connectivity index (χ3n) is 3.29. The number of halogens is 1. The van der Waals surface area contributed by atoms with Crippen molar-refractivity contribution in [2.75, 3.05) is 24.1 Å². The topological polar surface area (TPSA) is 88.3 Å². The van der Waals surface area contributed by atoms with Gasteiger partial charge in [0.2, 0.25) is 11.8 Å². The minimum atomic E-state index is -0.157. The van der Waals surface area contributed by atoms with Crippen LogP contribution in [0.1, 0.15) is 19.8 Å². The zero-order chi connectivity index (χ0) is 13.8. The van der Waals surface area contributed by atoms with E-state index in [1.807, 2.05) is 0 Å². The Morgan fingerprint density at radius 1 is 1.45 bits per heavy atom. The number of rotatable bonds is 2. The van der Waals surface area contributed by atoms with Crippen LogP contribution >= 0.6 is 12.4 Å². The molecule has 6 nitrogen and oxygen atoms in total. The summed E-state index contributed by atoms with van der Waals surface area (Å²) in [4.78, 5) is 29.1. The average Bonchev–Trinajstić information content (AvgIpc) is 2.41. The van der Waals surface area contributed by atoms with Crippen LogP contribution in [0.3, 0.4) is 0 Å². The molecule has 0 saturated carbocycles. The van der Waals surface area contributed by atoms with E-state index in [4.69, 9.17) is 5.73 Å². The second-order valence-electron chi connectivity index (χ2n) is 4.77. The number of amides is 2. The summed E-state index contributed by atoms with van der Waals surface area (Å²) >= 11 is 0. The second kappa shape index (κ2) is 7.09. The van der Waals surface area contributed by atoms with Gasteiger partial charge in [0.05, 0.1) is 17.8 Å². The average molecular weight is 299 g/mol. The lowest BCUT2D eigenvalue weighted by molar-refractivity contribution is -0.132. The van der Waals surface area contributed by atoms with Crippen molar-refractivity contribution in [3.63, 3.8) is 0 Å². The number of anilines is 2. The van der Waals surface area contributed by atoms with E-state index >= 15 is 0 Å². The zero-order valence-electron chi connectivity index (χ0n) is 11.3. The van der Waals surface area contributed by atoms with Gasteiger partial charge in [-0.05, 0) is 25.0 Å². The molecular weight excluding hydrogens is 280 g/mol. The van der Waals surface area contributed by atoms with Crippen LogP contribution in [0.15, 0.2) is 18.3 Å². The summed E-state index contributed by atoms with van der Waals surface area (Å²) in [6, 6.07) is 3.35. The van der Waals surface area contributed by atoms with Crippen molar-refractivity contribution in [1.29, 1.82) is 0 Å². The number of piperidine rings is 1. The Morgan fingerprint density at radius 3 is 2.80 bits per heavy atom. The van der Waals surface area contributed by atoms with Crippen LogP contribution in [0, 0.1) is 5.92 Å². The molecule has 1 atom stereocenters. The van der Waals surface area contributed by atoms with Crippen molar-refractivity contribution in [1.82, 2.24) is 9.88 Å². The Bertz CT molecular complexity index is 478. The van der Waals surface area contributed by atoms with Gasteiger partial charge in [0, 0.05) is 20.0 Å². The Morgan fingerprint density at radius 2 is 2.20 bits per heavy atom. The van der Waals surface area contributed by atoms with Crippen LogP contribution < -0.4 is 11.1 Å². The lowest BCUT2D eigenvalue weighted by Crippen LogP contribution is -2.42. The summed E-state index contributed by atoms with van der Waals surface area (Å²) in [7, 11) is 0. The fraction of sp³-hybridized carbons (Fsp3) is 0.462. The van der Waals surface area contributed by atoms with Crippen LogP contribution in [0.2, 0.25) is 0 Å². The number of nitrogens with two attached hydrogens (primary N) is 1. The fourth-order valence-electron chi connectivity index (χ4n) is 2.20. The molecule has 3 N–H and O–H groups in total. The van der Waals surface area contributed by atoms with Crippen molar-refractivity contribution < 1.29 is 9.59 Å². The molecule has 1 aliphatic rings. The molecule has 2 heterocycles. The lowest BCUT2D eigenvalue weighted by Gasteiger charge is -2.31. The molecule has 2 amide bonds. The van der Waals surface area contributed by atoms with Crippen LogP contribution in [0.25, 0.3) is 0 Å². The van der Waals surface area contributed by atoms with E-state index in [9.17, 15) is 9.59 Å². The first-order valence-electron chi connectivity index (χ1n) is 6.34. The van der Waals surface area contributed by atoms with Gasteiger partial charge < -0.3 is 16.0 Å². The molecule has 0 bridgehead atoms. The van der Waals surface area contributed by atoms with Crippen molar-refractivity contribution in [3.05, 3.63) is 18.3 Å². The lowest BCUT2D eigenvalue weighted by atomic mass is 9.97. The van der Waals surface area contributed by atoms with Crippen LogP contribution in [0.4, 0.5) is 11.5 Å². The highest BCUT2D eigenvalue weighted by molar-refractivity contribution is 5.93. The number of nitrogens with one attached hydrogen (secondary N) is 1. The van der Waals surface area contributed by atoms with Gasteiger partial charge in [-0.2, -0.15) is 0 Å². The molecule has 7 heteroatoms. The molecular formula is C13H19ClN4O2. The maximum Gasteiger partial charge on any atom is 0.229 e. The Balaban J connectivity index is 0.00000200. The molecule has 1 unspecified atom stereocenters. The normalized spacial score (nSPS) is 18.1. The predicted molar refractivity (Wildman–Crippen MR) is 79.5 cm³/mol. The van der Waals surface area contributed by atoms with E-state index in [0.717, 1.165) is 19.4 Å². The van der Waals surface area contributed by atoms with Gasteiger partial charge in [0.25, 0.3) is 0 Å². The van der Waals surface area contributed by atoms with Crippen LogP contribution in [-0.4, -0.2) is 34.8 Å². The monoisotopic (exact) mass is 298 g/mol. The Hall–Kier alpha value is -1.82. The minimum Gasteiger partial charge on any atom is -0.384 e. The molecule has 1 aromatic rings. The molecule has 1 fully saturated rings. The SMILES string of the molecule is CC(=O)N1CCCC(C(=O)Nc2ccc(N)nc2)C1.Cl. The third kappa shape index (κ3) is 4.09. The molecule has 2 rings (SSSR count). The van der Waals surface area contributed by atoms with Gasteiger partial charge in [0.1, 0.15) is 5.82 Å². The summed E-state index contributed by atoms with van der Waals surface area (Å²) in [6.07, 6.45) is 3.19. The van der Waals surface area contributed by atoms with Gasteiger partial charge in [-0.15, -0.1) is 12.4 Å². The summed E-state index contributed by atoms with van der Waals surface area (Å²) in [5.74, 6) is 0.206. The minimum absolute atomic E-state index is 0.